The first-order chi connectivity index (χ1) is 6.75. The first-order valence-corrected chi connectivity index (χ1v) is 4.86. The highest BCUT2D eigenvalue weighted by molar-refractivity contribution is 6.33. The summed E-state index contributed by atoms with van der Waals surface area (Å²) in [4.78, 5) is 3.86. The Bertz CT molecular complexity index is 281. The van der Waals surface area contributed by atoms with E-state index in [4.69, 9.17) is 7.85 Å². The molecule has 0 saturated heterocycles. The number of pyridine rings is 1. The van der Waals surface area contributed by atoms with Crippen LogP contribution in [-0.4, -0.2) is 24.5 Å². The molecule has 14 heavy (non-hydrogen) atoms. The van der Waals surface area contributed by atoms with Gasteiger partial charge in [0.2, 0.25) is 0 Å². The maximum Gasteiger partial charge on any atom is 0.130 e. The molecule has 1 rings (SSSR count). The van der Waals surface area contributed by atoms with E-state index in [9.17, 15) is 5.11 Å². The van der Waals surface area contributed by atoms with Gasteiger partial charge in [-0.3, -0.25) is 10.3 Å². The highest BCUT2D eigenvalue weighted by Gasteiger charge is 2.07. The lowest BCUT2D eigenvalue weighted by molar-refractivity contribution is 0.140. The first kappa shape index (κ1) is 11.2. The van der Waals surface area contributed by atoms with E-state index in [2.05, 4.69) is 17.2 Å². The Morgan fingerprint density at radius 3 is 3.07 bits per heavy atom. The van der Waals surface area contributed by atoms with Gasteiger partial charge in [0.1, 0.15) is 14.1 Å². The molecule has 0 aliphatic carbocycles. The number of rotatable bonds is 5. The van der Waals surface area contributed by atoms with Gasteiger partial charge < -0.3 is 5.11 Å². The van der Waals surface area contributed by atoms with Crippen molar-refractivity contribution in [3.05, 3.63) is 24.0 Å². The fraction of sp³-hybridized carbons (Fsp3) is 0.500. The fourth-order valence-corrected chi connectivity index (χ4v) is 1.19. The predicted octanol–water partition coefficient (Wildman–Crippen LogP) is 0.256. The molecule has 4 heteroatoms. The molecule has 0 spiro atoms. The second kappa shape index (κ2) is 5.78. The van der Waals surface area contributed by atoms with E-state index in [1.54, 1.807) is 18.5 Å². The second-order valence-electron chi connectivity index (χ2n) is 3.21. The van der Waals surface area contributed by atoms with Crippen LogP contribution in [0.15, 0.2) is 18.5 Å². The van der Waals surface area contributed by atoms with Gasteiger partial charge in [0, 0.05) is 12.4 Å². The average Bonchev–Trinajstić information content (AvgIpc) is 2.18. The summed E-state index contributed by atoms with van der Waals surface area (Å²) < 4.78 is 0. The van der Waals surface area contributed by atoms with E-state index < -0.39 is 6.23 Å². The monoisotopic (exact) mass is 190 g/mol. The van der Waals surface area contributed by atoms with E-state index in [-0.39, 0.29) is 0 Å². The van der Waals surface area contributed by atoms with Crippen LogP contribution in [0.1, 0.15) is 31.6 Å². The lowest BCUT2D eigenvalue weighted by Crippen LogP contribution is -2.27. The van der Waals surface area contributed by atoms with Crippen LogP contribution in [0.25, 0.3) is 0 Å². The highest BCUT2D eigenvalue weighted by Crippen LogP contribution is 2.04. The number of hydrogen-bond acceptors (Lipinski definition) is 3. The molecule has 0 bridgehead atoms. The van der Waals surface area contributed by atoms with Crippen molar-refractivity contribution in [2.24, 2.45) is 0 Å². The average molecular weight is 190 g/mol. The summed E-state index contributed by atoms with van der Waals surface area (Å²) in [7, 11) is 5.66. The standard InChI is InChI=1S/C10H15BN2O/c1-2-3-5-13-10(14)8-4-6-12-7-9(8)11/h4,6-7,10,13-14H,2-3,5H2,1H3. The Hall–Kier alpha value is -0.865. The minimum Gasteiger partial charge on any atom is -0.374 e. The number of aromatic nitrogens is 1. The molecule has 1 heterocycles. The minimum atomic E-state index is -0.690. The third-order valence-electron chi connectivity index (χ3n) is 2.05. The van der Waals surface area contributed by atoms with E-state index in [0.29, 0.717) is 11.0 Å². The van der Waals surface area contributed by atoms with E-state index in [1.165, 1.54) is 0 Å². The predicted molar refractivity (Wildman–Crippen MR) is 57.5 cm³/mol. The molecule has 2 radical (unpaired) electrons. The number of aliphatic hydroxyl groups excluding tert-OH is 1. The molecule has 1 unspecified atom stereocenters. The summed E-state index contributed by atoms with van der Waals surface area (Å²) in [5, 5.41) is 12.7. The molecular weight excluding hydrogens is 175 g/mol. The van der Waals surface area contributed by atoms with Crippen molar-refractivity contribution < 1.29 is 5.11 Å². The molecule has 3 nitrogen and oxygen atoms in total. The fourth-order valence-electron chi connectivity index (χ4n) is 1.19. The minimum absolute atomic E-state index is 0.518. The summed E-state index contributed by atoms with van der Waals surface area (Å²) in [6.45, 7) is 2.90. The topological polar surface area (TPSA) is 45.2 Å². The summed E-state index contributed by atoms with van der Waals surface area (Å²) in [5.41, 5.74) is 1.21. The van der Waals surface area contributed by atoms with Crippen LogP contribution in [-0.2, 0) is 0 Å². The number of nitrogens with one attached hydrogen (secondary N) is 1. The lowest BCUT2D eigenvalue weighted by Gasteiger charge is -2.14. The normalized spacial score (nSPS) is 12.7. The van der Waals surface area contributed by atoms with Crippen molar-refractivity contribution in [3.8, 4) is 0 Å². The van der Waals surface area contributed by atoms with Crippen LogP contribution in [0, 0.1) is 0 Å². The van der Waals surface area contributed by atoms with Gasteiger partial charge in [-0.2, -0.15) is 0 Å². The quantitative estimate of drug-likeness (QED) is 0.397. The van der Waals surface area contributed by atoms with Crippen LogP contribution in [0.4, 0.5) is 0 Å². The zero-order chi connectivity index (χ0) is 10.4. The van der Waals surface area contributed by atoms with Gasteiger partial charge in [-0.05, 0) is 24.6 Å². The van der Waals surface area contributed by atoms with Gasteiger partial charge in [0.15, 0.2) is 0 Å². The van der Waals surface area contributed by atoms with Gasteiger partial charge in [0.25, 0.3) is 0 Å². The largest absolute Gasteiger partial charge is 0.374 e. The highest BCUT2D eigenvalue weighted by atomic mass is 16.3. The van der Waals surface area contributed by atoms with Gasteiger partial charge in [-0.15, -0.1) is 0 Å². The van der Waals surface area contributed by atoms with Gasteiger partial charge in [-0.1, -0.05) is 18.8 Å². The zero-order valence-electron chi connectivity index (χ0n) is 8.40. The summed E-state index contributed by atoms with van der Waals surface area (Å²) >= 11 is 0. The molecule has 0 amide bonds. The summed E-state index contributed by atoms with van der Waals surface area (Å²) in [5.74, 6) is 0. The molecular formula is C10H15BN2O. The number of unbranched alkanes of at least 4 members (excludes halogenated alkanes) is 1. The Morgan fingerprint density at radius 1 is 1.64 bits per heavy atom. The van der Waals surface area contributed by atoms with Gasteiger partial charge in [0.05, 0.1) is 0 Å². The third-order valence-corrected chi connectivity index (χ3v) is 2.05. The van der Waals surface area contributed by atoms with Crippen LogP contribution in [0.5, 0.6) is 0 Å². The number of hydrogen-bond donors (Lipinski definition) is 2. The summed E-state index contributed by atoms with van der Waals surface area (Å²) in [6, 6.07) is 1.72. The Kier molecular flexibility index (Phi) is 4.63. The van der Waals surface area contributed by atoms with Crippen molar-refractivity contribution in [2.75, 3.05) is 6.54 Å². The molecule has 2 N–H and O–H groups in total. The maximum absolute atomic E-state index is 9.71. The molecule has 0 aliphatic heterocycles. The van der Waals surface area contributed by atoms with Crippen LogP contribution in [0.2, 0.25) is 0 Å². The second-order valence-corrected chi connectivity index (χ2v) is 3.21. The van der Waals surface area contributed by atoms with E-state index in [0.717, 1.165) is 19.4 Å². The SMILES string of the molecule is [B]c1cnccc1C(O)NCCCC. The third kappa shape index (κ3) is 3.12. The number of nitrogens with zero attached hydrogens (tertiary/aromatic N) is 1. The van der Waals surface area contributed by atoms with Crippen molar-refractivity contribution in [3.63, 3.8) is 0 Å². The number of aliphatic hydroxyl groups is 1. The van der Waals surface area contributed by atoms with Gasteiger partial charge >= 0.3 is 0 Å². The van der Waals surface area contributed by atoms with E-state index >= 15 is 0 Å². The van der Waals surface area contributed by atoms with Crippen LogP contribution >= 0.6 is 0 Å². The maximum atomic E-state index is 9.71. The lowest BCUT2D eigenvalue weighted by atomic mass is 9.92. The smallest absolute Gasteiger partial charge is 0.130 e. The molecule has 0 saturated carbocycles. The van der Waals surface area contributed by atoms with Crippen molar-refractivity contribution in [1.29, 1.82) is 0 Å². The van der Waals surface area contributed by atoms with Crippen molar-refractivity contribution in [2.45, 2.75) is 26.0 Å². The zero-order valence-corrected chi connectivity index (χ0v) is 8.40. The van der Waals surface area contributed by atoms with Crippen molar-refractivity contribution in [1.82, 2.24) is 10.3 Å². The van der Waals surface area contributed by atoms with Crippen LogP contribution < -0.4 is 10.8 Å². The first-order valence-electron chi connectivity index (χ1n) is 4.86. The molecule has 1 atom stereocenters. The molecule has 0 aromatic carbocycles. The Balaban J connectivity index is 2.51. The van der Waals surface area contributed by atoms with Gasteiger partial charge in [-0.25, -0.2) is 0 Å². The Morgan fingerprint density at radius 2 is 2.43 bits per heavy atom. The molecule has 1 aromatic heterocycles. The molecule has 1 aromatic rings. The molecule has 0 aliphatic rings. The molecule has 74 valence electrons. The Labute approximate surface area is 86.0 Å². The van der Waals surface area contributed by atoms with Crippen LogP contribution in [0.3, 0.4) is 0 Å². The molecule has 0 fully saturated rings. The van der Waals surface area contributed by atoms with E-state index in [1.807, 2.05) is 0 Å². The summed E-state index contributed by atoms with van der Waals surface area (Å²) in [6.07, 6.45) is 4.62. The van der Waals surface area contributed by atoms with Crippen molar-refractivity contribution >= 4 is 13.3 Å².